The minimum Gasteiger partial charge on any atom is -0.480 e. The summed E-state index contributed by atoms with van der Waals surface area (Å²) in [6.07, 6.45) is 8.84. The lowest BCUT2D eigenvalue weighted by Gasteiger charge is -2.26. The maximum absolute atomic E-state index is 13.4. The number of carbonyl (C=O) groups is 1. The molecular weight excluding hydrogens is 283 g/mol. The number of piperidine rings is 1. The van der Waals surface area contributed by atoms with Crippen molar-refractivity contribution in [3.8, 4) is 18.1 Å². The molecule has 118 valence electrons. The molecule has 2 rings (SSSR count). The van der Waals surface area contributed by atoms with Crippen LogP contribution in [-0.2, 0) is 0 Å². The minimum absolute atomic E-state index is 0.0414. The van der Waals surface area contributed by atoms with Crippen molar-refractivity contribution in [3.63, 3.8) is 0 Å². The van der Waals surface area contributed by atoms with E-state index in [1.165, 1.54) is 37.5 Å². The van der Waals surface area contributed by atoms with Gasteiger partial charge in [-0.2, -0.15) is 0 Å². The second-order valence-corrected chi connectivity index (χ2v) is 5.29. The maximum Gasteiger partial charge on any atom is 0.255 e. The van der Waals surface area contributed by atoms with E-state index in [0.717, 1.165) is 19.6 Å². The molecule has 1 aliphatic rings. The second-order valence-electron chi connectivity index (χ2n) is 5.29. The zero-order chi connectivity index (χ0) is 15.8. The Balaban J connectivity index is 1.90. The Bertz CT molecular complexity index is 548. The Labute approximate surface area is 130 Å². The van der Waals surface area contributed by atoms with Gasteiger partial charge in [0.2, 0.25) is 0 Å². The van der Waals surface area contributed by atoms with Gasteiger partial charge in [0, 0.05) is 13.1 Å². The fourth-order valence-electron chi connectivity index (χ4n) is 2.53. The lowest BCUT2D eigenvalue weighted by molar-refractivity contribution is 0.0942. The quantitative estimate of drug-likeness (QED) is 0.818. The van der Waals surface area contributed by atoms with E-state index in [9.17, 15) is 9.18 Å². The molecule has 5 heteroatoms. The molecule has 1 aromatic rings. The number of likely N-dealkylation sites (tertiary alicyclic amines) is 1. The number of halogens is 1. The van der Waals surface area contributed by atoms with Gasteiger partial charge in [-0.15, -0.1) is 6.42 Å². The first kappa shape index (κ1) is 16.3. The van der Waals surface area contributed by atoms with E-state index in [2.05, 4.69) is 16.1 Å². The molecule has 0 bridgehead atoms. The first-order chi connectivity index (χ1) is 10.7. The lowest BCUT2D eigenvalue weighted by Crippen LogP contribution is -2.37. The van der Waals surface area contributed by atoms with Crippen LogP contribution in [-0.4, -0.2) is 43.6 Å². The lowest BCUT2D eigenvalue weighted by atomic mass is 10.1. The van der Waals surface area contributed by atoms with Gasteiger partial charge >= 0.3 is 0 Å². The van der Waals surface area contributed by atoms with Gasteiger partial charge in [0.05, 0.1) is 5.56 Å². The summed E-state index contributed by atoms with van der Waals surface area (Å²) in [5.74, 6) is 1.81. The Morgan fingerprint density at radius 2 is 2.14 bits per heavy atom. The van der Waals surface area contributed by atoms with Crippen molar-refractivity contribution in [2.24, 2.45) is 0 Å². The normalized spacial score (nSPS) is 15.1. The largest absolute Gasteiger partial charge is 0.480 e. The van der Waals surface area contributed by atoms with E-state index in [1.807, 2.05) is 0 Å². The van der Waals surface area contributed by atoms with Gasteiger partial charge in [-0.05, 0) is 44.1 Å². The highest BCUT2D eigenvalue weighted by atomic mass is 19.1. The summed E-state index contributed by atoms with van der Waals surface area (Å²) in [5, 5.41) is 2.81. The predicted octanol–water partition coefficient (Wildman–Crippen LogP) is 2.05. The number of amides is 1. The van der Waals surface area contributed by atoms with Gasteiger partial charge < -0.3 is 15.0 Å². The van der Waals surface area contributed by atoms with Crippen molar-refractivity contribution in [2.45, 2.75) is 19.3 Å². The Hall–Kier alpha value is -2.06. The number of benzene rings is 1. The van der Waals surface area contributed by atoms with Crippen molar-refractivity contribution >= 4 is 5.91 Å². The highest BCUT2D eigenvalue weighted by Gasteiger charge is 2.15. The molecule has 1 aromatic carbocycles. The van der Waals surface area contributed by atoms with Gasteiger partial charge in [0.15, 0.2) is 0 Å². The van der Waals surface area contributed by atoms with E-state index in [-0.39, 0.29) is 18.1 Å². The highest BCUT2D eigenvalue weighted by molar-refractivity contribution is 5.96. The summed E-state index contributed by atoms with van der Waals surface area (Å²) in [5.41, 5.74) is 0.175. The van der Waals surface area contributed by atoms with Crippen LogP contribution in [0.5, 0.6) is 5.75 Å². The molecule has 0 atom stereocenters. The van der Waals surface area contributed by atoms with Crippen molar-refractivity contribution < 1.29 is 13.9 Å². The molecule has 1 N–H and O–H groups in total. The van der Waals surface area contributed by atoms with E-state index < -0.39 is 5.82 Å². The number of nitrogens with one attached hydrogen (secondary N) is 1. The molecule has 0 aromatic heterocycles. The summed E-state index contributed by atoms with van der Waals surface area (Å²) in [6, 6.07) is 3.84. The van der Waals surface area contributed by atoms with Crippen LogP contribution in [0.2, 0.25) is 0 Å². The number of carbonyl (C=O) groups excluding carboxylic acids is 1. The summed E-state index contributed by atoms with van der Waals surface area (Å²) >= 11 is 0. The summed E-state index contributed by atoms with van der Waals surface area (Å²) < 4.78 is 18.6. The van der Waals surface area contributed by atoms with Crippen LogP contribution in [0.25, 0.3) is 0 Å². The molecule has 1 aliphatic heterocycles. The van der Waals surface area contributed by atoms with Gasteiger partial charge in [0.1, 0.15) is 18.2 Å². The third-order valence-electron chi connectivity index (χ3n) is 3.66. The number of ether oxygens (including phenoxy) is 1. The molecule has 1 heterocycles. The molecular formula is C17H21FN2O2. The first-order valence-corrected chi connectivity index (χ1v) is 7.57. The molecule has 1 amide bonds. The average Bonchev–Trinajstić information content (AvgIpc) is 2.54. The number of terminal acetylenes is 1. The number of rotatable bonds is 6. The molecule has 0 unspecified atom stereocenters. The monoisotopic (exact) mass is 304 g/mol. The Morgan fingerprint density at radius 3 is 2.86 bits per heavy atom. The molecule has 0 radical (unpaired) electrons. The fraction of sp³-hybridized carbons (Fsp3) is 0.471. The summed E-state index contributed by atoms with van der Waals surface area (Å²) in [7, 11) is 0. The van der Waals surface area contributed by atoms with E-state index in [1.54, 1.807) is 0 Å². The van der Waals surface area contributed by atoms with Crippen LogP contribution < -0.4 is 10.1 Å². The average molecular weight is 304 g/mol. The maximum atomic E-state index is 13.4. The standard InChI is InChI=1S/C17H21FN2O2/c1-2-12-22-16-7-6-14(18)13-15(16)17(21)19-8-11-20-9-4-3-5-10-20/h1,6-7,13H,3-5,8-12H2,(H,19,21). The van der Waals surface area contributed by atoms with E-state index >= 15 is 0 Å². The van der Waals surface area contributed by atoms with Gasteiger partial charge in [0.25, 0.3) is 5.91 Å². The molecule has 0 aliphatic carbocycles. The Morgan fingerprint density at radius 1 is 1.36 bits per heavy atom. The number of hydrogen-bond donors (Lipinski definition) is 1. The third kappa shape index (κ3) is 4.74. The van der Waals surface area contributed by atoms with Crippen molar-refractivity contribution in [3.05, 3.63) is 29.6 Å². The minimum atomic E-state index is -0.478. The van der Waals surface area contributed by atoms with Crippen LogP contribution in [0, 0.1) is 18.2 Å². The Kier molecular flexibility index (Phi) is 6.23. The third-order valence-corrected chi connectivity index (χ3v) is 3.66. The van der Waals surface area contributed by atoms with Crippen molar-refractivity contribution in [2.75, 3.05) is 32.8 Å². The highest BCUT2D eigenvalue weighted by Crippen LogP contribution is 2.19. The molecule has 1 saturated heterocycles. The number of hydrogen-bond acceptors (Lipinski definition) is 3. The van der Waals surface area contributed by atoms with Gasteiger partial charge in [-0.3, -0.25) is 4.79 Å². The molecule has 22 heavy (non-hydrogen) atoms. The molecule has 4 nitrogen and oxygen atoms in total. The van der Waals surface area contributed by atoms with E-state index in [4.69, 9.17) is 11.2 Å². The van der Waals surface area contributed by atoms with Crippen LogP contribution in [0.3, 0.4) is 0 Å². The summed E-state index contributed by atoms with van der Waals surface area (Å²) in [6.45, 7) is 3.53. The number of nitrogens with zero attached hydrogens (tertiary/aromatic N) is 1. The van der Waals surface area contributed by atoms with Gasteiger partial charge in [-0.25, -0.2) is 4.39 Å². The summed E-state index contributed by atoms with van der Waals surface area (Å²) in [4.78, 5) is 14.5. The zero-order valence-electron chi connectivity index (χ0n) is 12.6. The second kappa shape index (κ2) is 8.40. The van der Waals surface area contributed by atoms with Crippen molar-refractivity contribution in [1.29, 1.82) is 0 Å². The smallest absolute Gasteiger partial charge is 0.255 e. The molecule has 1 fully saturated rings. The van der Waals surface area contributed by atoms with E-state index in [0.29, 0.717) is 12.3 Å². The molecule has 0 spiro atoms. The predicted molar refractivity (Wildman–Crippen MR) is 83.4 cm³/mol. The van der Waals surface area contributed by atoms with Crippen LogP contribution >= 0.6 is 0 Å². The fourth-order valence-corrected chi connectivity index (χ4v) is 2.53. The first-order valence-electron chi connectivity index (χ1n) is 7.57. The van der Waals surface area contributed by atoms with Crippen LogP contribution in [0.4, 0.5) is 4.39 Å². The van der Waals surface area contributed by atoms with Crippen molar-refractivity contribution in [1.82, 2.24) is 10.2 Å². The van der Waals surface area contributed by atoms with Crippen LogP contribution in [0.15, 0.2) is 18.2 Å². The van der Waals surface area contributed by atoms with Crippen LogP contribution in [0.1, 0.15) is 29.6 Å². The topological polar surface area (TPSA) is 41.6 Å². The molecule has 0 saturated carbocycles. The zero-order valence-corrected chi connectivity index (χ0v) is 12.6. The van der Waals surface area contributed by atoms with Gasteiger partial charge in [-0.1, -0.05) is 12.3 Å². The SMILES string of the molecule is C#CCOc1ccc(F)cc1C(=O)NCCN1CCCCC1.